The number of fused-ring (bicyclic) bond motifs is 1. The van der Waals surface area contributed by atoms with Crippen LogP contribution >= 0.6 is 0 Å². The van der Waals surface area contributed by atoms with E-state index in [0.29, 0.717) is 6.54 Å². The summed E-state index contributed by atoms with van der Waals surface area (Å²) in [5.41, 5.74) is 9.49. The smallest absolute Gasteiger partial charge is 0.119 e. The minimum Gasteiger partial charge on any atom is -0.497 e. The highest BCUT2D eigenvalue weighted by Gasteiger charge is 2.11. The number of benzene rings is 1. The van der Waals surface area contributed by atoms with Crippen LogP contribution in [0.3, 0.4) is 0 Å². The Morgan fingerprint density at radius 2 is 2.12 bits per heavy atom. The second-order valence-corrected chi connectivity index (χ2v) is 4.05. The number of hydrogen-bond donors (Lipinski definition) is 1. The van der Waals surface area contributed by atoms with Crippen molar-refractivity contribution in [2.24, 2.45) is 12.8 Å². The van der Waals surface area contributed by atoms with E-state index in [1.165, 1.54) is 22.2 Å². The van der Waals surface area contributed by atoms with Crippen LogP contribution in [0.1, 0.15) is 11.3 Å². The van der Waals surface area contributed by atoms with Crippen LogP contribution in [-0.2, 0) is 13.5 Å². The summed E-state index contributed by atoms with van der Waals surface area (Å²) in [5, 5.41) is 1.25. The van der Waals surface area contributed by atoms with Gasteiger partial charge in [-0.15, -0.1) is 0 Å². The van der Waals surface area contributed by atoms with Gasteiger partial charge in [-0.3, -0.25) is 0 Å². The Morgan fingerprint density at radius 3 is 2.75 bits per heavy atom. The van der Waals surface area contributed by atoms with Crippen molar-refractivity contribution in [2.45, 2.75) is 13.3 Å². The molecule has 0 radical (unpaired) electrons. The number of hydrogen-bond acceptors (Lipinski definition) is 2. The molecule has 0 aliphatic rings. The van der Waals surface area contributed by atoms with Crippen LogP contribution in [0.2, 0.25) is 0 Å². The maximum Gasteiger partial charge on any atom is 0.119 e. The van der Waals surface area contributed by atoms with Crippen LogP contribution < -0.4 is 10.5 Å². The molecule has 2 rings (SSSR count). The SMILES string of the molecule is COc1ccc2c(c1)c(C)c(CCN)n2C. The largest absolute Gasteiger partial charge is 0.497 e. The first kappa shape index (κ1) is 11.0. The van der Waals surface area contributed by atoms with E-state index >= 15 is 0 Å². The highest BCUT2D eigenvalue weighted by Crippen LogP contribution is 2.28. The number of ether oxygens (including phenoxy) is 1. The minimum atomic E-state index is 0.683. The monoisotopic (exact) mass is 218 g/mol. The Kier molecular flexibility index (Phi) is 2.88. The van der Waals surface area contributed by atoms with E-state index in [4.69, 9.17) is 10.5 Å². The highest BCUT2D eigenvalue weighted by molar-refractivity contribution is 5.86. The zero-order valence-corrected chi connectivity index (χ0v) is 10.1. The summed E-state index contributed by atoms with van der Waals surface area (Å²) in [5.74, 6) is 0.903. The van der Waals surface area contributed by atoms with E-state index in [1.54, 1.807) is 7.11 Å². The van der Waals surface area contributed by atoms with Crippen LogP contribution in [0.5, 0.6) is 5.75 Å². The first-order valence-electron chi connectivity index (χ1n) is 5.51. The van der Waals surface area contributed by atoms with Crippen molar-refractivity contribution in [2.75, 3.05) is 13.7 Å². The average Bonchev–Trinajstić information content (AvgIpc) is 2.54. The summed E-state index contributed by atoms with van der Waals surface area (Å²) in [6, 6.07) is 6.18. The third-order valence-corrected chi connectivity index (χ3v) is 3.19. The molecule has 2 N–H and O–H groups in total. The quantitative estimate of drug-likeness (QED) is 0.856. The van der Waals surface area contributed by atoms with Gasteiger partial charge in [-0.05, 0) is 37.2 Å². The molecule has 0 amide bonds. The second-order valence-electron chi connectivity index (χ2n) is 4.05. The van der Waals surface area contributed by atoms with Gasteiger partial charge >= 0.3 is 0 Å². The lowest BCUT2D eigenvalue weighted by molar-refractivity contribution is 0.415. The Balaban J connectivity index is 2.67. The summed E-state index contributed by atoms with van der Waals surface area (Å²) in [6.45, 7) is 2.83. The van der Waals surface area contributed by atoms with Crippen molar-refractivity contribution >= 4 is 10.9 Å². The fourth-order valence-corrected chi connectivity index (χ4v) is 2.28. The molecule has 0 unspecified atom stereocenters. The first-order valence-corrected chi connectivity index (χ1v) is 5.51. The lowest BCUT2D eigenvalue weighted by atomic mass is 10.1. The average molecular weight is 218 g/mol. The third kappa shape index (κ3) is 1.57. The second kappa shape index (κ2) is 4.18. The molecule has 0 bridgehead atoms. The molecule has 16 heavy (non-hydrogen) atoms. The molecule has 3 heteroatoms. The molecule has 3 nitrogen and oxygen atoms in total. The van der Waals surface area contributed by atoms with E-state index in [2.05, 4.69) is 30.7 Å². The predicted octanol–water partition coefficient (Wildman–Crippen LogP) is 2.00. The first-order chi connectivity index (χ1) is 7.69. The standard InChI is InChI=1S/C13H18N2O/c1-9-11-8-10(16-3)4-5-13(11)15(2)12(9)6-7-14/h4-5,8H,6-7,14H2,1-3H3. The lowest BCUT2D eigenvalue weighted by Gasteiger charge is -2.03. The van der Waals surface area contributed by atoms with Crippen LogP contribution in [0.25, 0.3) is 10.9 Å². The Hall–Kier alpha value is -1.48. The molecule has 0 aliphatic carbocycles. The van der Waals surface area contributed by atoms with Gasteiger partial charge in [-0.1, -0.05) is 0 Å². The molecule has 1 aromatic heterocycles. The van der Waals surface area contributed by atoms with Gasteiger partial charge in [-0.25, -0.2) is 0 Å². The van der Waals surface area contributed by atoms with E-state index in [0.717, 1.165) is 12.2 Å². The number of nitrogens with zero attached hydrogens (tertiary/aromatic N) is 1. The maximum absolute atomic E-state index is 5.64. The fourth-order valence-electron chi connectivity index (χ4n) is 2.28. The molecule has 1 aromatic carbocycles. The van der Waals surface area contributed by atoms with Gasteiger partial charge in [0.1, 0.15) is 5.75 Å². The number of aryl methyl sites for hydroxylation is 2. The summed E-state index contributed by atoms with van der Waals surface area (Å²) in [7, 11) is 3.78. The summed E-state index contributed by atoms with van der Waals surface area (Å²) in [6.07, 6.45) is 0.916. The van der Waals surface area contributed by atoms with Gasteiger partial charge in [0.15, 0.2) is 0 Å². The number of rotatable bonds is 3. The molecule has 0 aliphatic heterocycles. The van der Waals surface area contributed by atoms with Gasteiger partial charge in [-0.2, -0.15) is 0 Å². The molecule has 0 saturated carbocycles. The van der Waals surface area contributed by atoms with Crippen molar-refractivity contribution in [1.29, 1.82) is 0 Å². The molecule has 0 saturated heterocycles. The van der Waals surface area contributed by atoms with Crippen molar-refractivity contribution in [3.8, 4) is 5.75 Å². The Labute approximate surface area is 95.8 Å². The van der Waals surface area contributed by atoms with E-state index < -0.39 is 0 Å². The van der Waals surface area contributed by atoms with Crippen molar-refractivity contribution in [3.05, 3.63) is 29.5 Å². The zero-order valence-electron chi connectivity index (χ0n) is 10.1. The van der Waals surface area contributed by atoms with Gasteiger partial charge in [0.25, 0.3) is 0 Å². The number of aromatic nitrogens is 1. The van der Waals surface area contributed by atoms with E-state index in [1.807, 2.05) is 6.07 Å². The van der Waals surface area contributed by atoms with Crippen LogP contribution in [0.4, 0.5) is 0 Å². The van der Waals surface area contributed by atoms with Crippen molar-refractivity contribution in [1.82, 2.24) is 4.57 Å². The topological polar surface area (TPSA) is 40.2 Å². The van der Waals surface area contributed by atoms with Gasteiger partial charge in [0.2, 0.25) is 0 Å². The predicted molar refractivity (Wildman–Crippen MR) is 67.0 cm³/mol. The minimum absolute atomic E-state index is 0.683. The molecule has 0 spiro atoms. The lowest BCUT2D eigenvalue weighted by Crippen LogP contribution is -2.07. The molecule has 0 fully saturated rings. The van der Waals surface area contributed by atoms with Crippen LogP contribution in [0.15, 0.2) is 18.2 Å². The van der Waals surface area contributed by atoms with Crippen LogP contribution in [0, 0.1) is 6.92 Å². The van der Waals surface area contributed by atoms with E-state index in [9.17, 15) is 0 Å². The highest BCUT2D eigenvalue weighted by atomic mass is 16.5. The number of methoxy groups -OCH3 is 1. The summed E-state index contributed by atoms with van der Waals surface area (Å²) >= 11 is 0. The molecular formula is C13H18N2O. The Morgan fingerprint density at radius 1 is 1.38 bits per heavy atom. The van der Waals surface area contributed by atoms with Crippen LogP contribution in [-0.4, -0.2) is 18.2 Å². The summed E-state index contributed by atoms with van der Waals surface area (Å²) < 4.78 is 7.47. The third-order valence-electron chi connectivity index (χ3n) is 3.19. The van der Waals surface area contributed by atoms with Crippen molar-refractivity contribution < 1.29 is 4.74 Å². The fraction of sp³-hybridized carbons (Fsp3) is 0.385. The van der Waals surface area contributed by atoms with Crippen molar-refractivity contribution in [3.63, 3.8) is 0 Å². The zero-order chi connectivity index (χ0) is 11.7. The molecule has 0 atom stereocenters. The van der Waals surface area contributed by atoms with E-state index in [-0.39, 0.29) is 0 Å². The van der Waals surface area contributed by atoms with Gasteiger partial charge in [0, 0.05) is 30.1 Å². The van der Waals surface area contributed by atoms with Gasteiger partial charge in [0.05, 0.1) is 7.11 Å². The molecule has 86 valence electrons. The molecular weight excluding hydrogens is 200 g/mol. The molecule has 2 aromatic rings. The normalized spacial score (nSPS) is 11.0. The molecule has 1 heterocycles. The number of nitrogens with two attached hydrogens (primary N) is 1. The maximum atomic E-state index is 5.64. The Bertz CT molecular complexity index is 514. The van der Waals surface area contributed by atoms with Gasteiger partial charge < -0.3 is 15.0 Å². The summed E-state index contributed by atoms with van der Waals surface area (Å²) in [4.78, 5) is 0.